The minimum Gasteiger partial charge on any atom is -0.338 e. The van der Waals surface area contributed by atoms with Gasteiger partial charge in [-0.3, -0.25) is 5.10 Å². The van der Waals surface area contributed by atoms with Crippen molar-refractivity contribution in [2.75, 3.05) is 0 Å². The standard InChI is InChI=1S/C24H18FN7/c1-13-27-12-21(32(13)2)18-7-8-19-22(28-18)23(31-30-19)20-11-16-14(9-10-26-24(16)29-20)15-5-3-4-6-17(15)25/h3-12H,1-2H3,(H,26,29)(H,30,31). The van der Waals surface area contributed by atoms with Crippen LogP contribution in [0.2, 0.25) is 0 Å². The Morgan fingerprint density at radius 1 is 1.00 bits per heavy atom. The molecule has 5 heterocycles. The zero-order valence-corrected chi connectivity index (χ0v) is 17.4. The van der Waals surface area contributed by atoms with Gasteiger partial charge in [-0.2, -0.15) is 5.10 Å². The number of aromatic amines is 2. The minimum absolute atomic E-state index is 0.272. The number of rotatable bonds is 3. The highest BCUT2D eigenvalue weighted by Crippen LogP contribution is 2.34. The number of hydrogen-bond acceptors (Lipinski definition) is 4. The molecule has 7 nitrogen and oxygen atoms in total. The maximum atomic E-state index is 14.5. The Kier molecular flexibility index (Phi) is 3.94. The summed E-state index contributed by atoms with van der Waals surface area (Å²) in [5, 5.41) is 8.37. The highest BCUT2D eigenvalue weighted by atomic mass is 19.1. The Bertz CT molecular complexity index is 1620. The number of benzene rings is 1. The molecular formula is C24H18FN7. The third kappa shape index (κ3) is 2.73. The summed E-state index contributed by atoms with van der Waals surface area (Å²) in [7, 11) is 1.97. The lowest BCUT2D eigenvalue weighted by Crippen LogP contribution is -1.96. The van der Waals surface area contributed by atoms with E-state index in [2.05, 4.69) is 25.1 Å². The third-order valence-corrected chi connectivity index (χ3v) is 5.84. The lowest BCUT2D eigenvalue weighted by atomic mass is 10.0. The van der Waals surface area contributed by atoms with E-state index in [0.717, 1.165) is 44.9 Å². The fourth-order valence-electron chi connectivity index (χ4n) is 4.04. The van der Waals surface area contributed by atoms with E-state index in [9.17, 15) is 4.39 Å². The lowest BCUT2D eigenvalue weighted by Gasteiger charge is -2.04. The van der Waals surface area contributed by atoms with Gasteiger partial charge in [-0.15, -0.1) is 0 Å². The van der Waals surface area contributed by atoms with Crippen LogP contribution in [0.15, 0.2) is 60.9 Å². The Hall–Kier alpha value is -4.33. The van der Waals surface area contributed by atoms with Gasteiger partial charge in [0, 0.05) is 24.2 Å². The van der Waals surface area contributed by atoms with Crippen LogP contribution in [0.1, 0.15) is 5.82 Å². The highest BCUT2D eigenvalue weighted by Gasteiger charge is 2.17. The largest absolute Gasteiger partial charge is 0.338 e. The van der Waals surface area contributed by atoms with Gasteiger partial charge in [0.15, 0.2) is 0 Å². The highest BCUT2D eigenvalue weighted by molar-refractivity contribution is 5.99. The van der Waals surface area contributed by atoms with E-state index in [1.54, 1.807) is 18.3 Å². The zero-order valence-electron chi connectivity index (χ0n) is 17.4. The van der Waals surface area contributed by atoms with Gasteiger partial charge in [0.1, 0.15) is 28.5 Å². The molecule has 2 N–H and O–H groups in total. The second-order valence-corrected chi connectivity index (χ2v) is 7.70. The van der Waals surface area contributed by atoms with Gasteiger partial charge in [0.05, 0.1) is 28.8 Å². The number of aromatic nitrogens is 7. The van der Waals surface area contributed by atoms with Crippen LogP contribution in [0.5, 0.6) is 0 Å². The number of imidazole rings is 1. The molecule has 0 aliphatic heterocycles. The van der Waals surface area contributed by atoms with Crippen LogP contribution in [-0.2, 0) is 7.05 Å². The van der Waals surface area contributed by atoms with Crippen molar-refractivity contribution in [3.63, 3.8) is 0 Å². The first kappa shape index (κ1) is 18.4. The average Bonchev–Trinajstić information content (AvgIpc) is 3.50. The van der Waals surface area contributed by atoms with Gasteiger partial charge in [-0.1, -0.05) is 18.2 Å². The molecule has 0 aliphatic rings. The maximum absolute atomic E-state index is 14.5. The third-order valence-electron chi connectivity index (χ3n) is 5.84. The molecule has 0 saturated carbocycles. The molecule has 0 saturated heterocycles. The van der Waals surface area contributed by atoms with E-state index in [1.165, 1.54) is 6.07 Å². The fourth-order valence-corrected chi connectivity index (χ4v) is 4.04. The van der Waals surface area contributed by atoms with Crippen LogP contribution in [0.3, 0.4) is 0 Å². The predicted octanol–water partition coefficient (Wildman–Crippen LogP) is 5.02. The smallest absolute Gasteiger partial charge is 0.138 e. The van der Waals surface area contributed by atoms with E-state index in [0.29, 0.717) is 16.9 Å². The number of H-pyrrole nitrogens is 2. The molecule has 8 heteroatoms. The van der Waals surface area contributed by atoms with Crippen molar-refractivity contribution in [1.29, 1.82) is 0 Å². The molecule has 0 unspecified atom stereocenters. The topological polar surface area (TPSA) is 88.1 Å². The molecule has 0 spiro atoms. The van der Waals surface area contributed by atoms with Crippen molar-refractivity contribution in [3.05, 3.63) is 72.6 Å². The zero-order chi connectivity index (χ0) is 21.8. The molecule has 0 amide bonds. The van der Waals surface area contributed by atoms with Crippen molar-refractivity contribution in [1.82, 2.24) is 34.7 Å². The Morgan fingerprint density at radius 2 is 1.88 bits per heavy atom. The summed E-state index contributed by atoms with van der Waals surface area (Å²) in [6.07, 6.45) is 3.49. The number of nitrogens with one attached hydrogen (secondary N) is 2. The molecule has 0 bridgehead atoms. The summed E-state index contributed by atoms with van der Waals surface area (Å²) in [5.74, 6) is 0.641. The van der Waals surface area contributed by atoms with Crippen LogP contribution in [0.4, 0.5) is 4.39 Å². The molecule has 5 aromatic heterocycles. The lowest BCUT2D eigenvalue weighted by molar-refractivity contribution is 0.631. The average molecular weight is 423 g/mol. The van der Waals surface area contributed by atoms with Gasteiger partial charge in [0.25, 0.3) is 0 Å². The number of halogens is 1. The molecule has 0 radical (unpaired) electrons. The number of nitrogens with zero attached hydrogens (tertiary/aromatic N) is 5. The fraction of sp³-hybridized carbons (Fsp3) is 0.0833. The Labute approximate surface area is 182 Å². The van der Waals surface area contributed by atoms with Gasteiger partial charge in [0.2, 0.25) is 0 Å². The molecule has 1 aromatic carbocycles. The van der Waals surface area contributed by atoms with Crippen LogP contribution in [0.25, 0.3) is 56.0 Å². The van der Waals surface area contributed by atoms with Crippen molar-refractivity contribution in [2.24, 2.45) is 7.05 Å². The van der Waals surface area contributed by atoms with Crippen molar-refractivity contribution >= 4 is 22.1 Å². The van der Waals surface area contributed by atoms with Crippen LogP contribution >= 0.6 is 0 Å². The molecule has 6 rings (SSSR count). The molecule has 156 valence electrons. The van der Waals surface area contributed by atoms with Crippen molar-refractivity contribution in [3.8, 4) is 33.9 Å². The monoisotopic (exact) mass is 423 g/mol. The molecule has 6 aromatic rings. The summed E-state index contributed by atoms with van der Waals surface area (Å²) in [5.41, 5.74) is 6.70. The van der Waals surface area contributed by atoms with Gasteiger partial charge in [-0.05, 0) is 42.8 Å². The predicted molar refractivity (Wildman–Crippen MR) is 121 cm³/mol. The molecule has 0 aliphatic carbocycles. The molecule has 0 fully saturated rings. The summed E-state index contributed by atoms with van der Waals surface area (Å²) >= 11 is 0. The van der Waals surface area contributed by atoms with Gasteiger partial charge < -0.3 is 9.55 Å². The van der Waals surface area contributed by atoms with Gasteiger partial charge in [-0.25, -0.2) is 19.3 Å². The Balaban J connectivity index is 1.53. The second kappa shape index (κ2) is 6.84. The summed E-state index contributed by atoms with van der Waals surface area (Å²) < 4.78 is 16.5. The van der Waals surface area contributed by atoms with Crippen LogP contribution < -0.4 is 0 Å². The number of fused-ring (bicyclic) bond motifs is 2. The van der Waals surface area contributed by atoms with Crippen molar-refractivity contribution in [2.45, 2.75) is 6.92 Å². The van der Waals surface area contributed by atoms with E-state index in [1.807, 2.05) is 55.1 Å². The maximum Gasteiger partial charge on any atom is 0.138 e. The summed E-state index contributed by atoms with van der Waals surface area (Å²) in [6, 6.07) is 14.4. The first-order valence-corrected chi connectivity index (χ1v) is 10.2. The van der Waals surface area contributed by atoms with Crippen LogP contribution in [0, 0.1) is 12.7 Å². The quantitative estimate of drug-likeness (QED) is 0.419. The van der Waals surface area contributed by atoms with E-state index in [-0.39, 0.29) is 5.82 Å². The number of pyridine rings is 2. The summed E-state index contributed by atoms with van der Waals surface area (Å²) in [6.45, 7) is 1.95. The first-order valence-electron chi connectivity index (χ1n) is 10.2. The summed E-state index contributed by atoms with van der Waals surface area (Å²) in [4.78, 5) is 17.0. The van der Waals surface area contributed by atoms with Crippen LogP contribution in [-0.4, -0.2) is 34.7 Å². The molecule has 0 atom stereocenters. The second-order valence-electron chi connectivity index (χ2n) is 7.70. The SMILES string of the molecule is Cc1ncc(-c2ccc3[nH]nc(-c4cc5c(-c6ccccc6F)ccnc5[nH]4)c3n2)n1C. The normalized spacial score (nSPS) is 11.6. The van der Waals surface area contributed by atoms with E-state index < -0.39 is 0 Å². The van der Waals surface area contributed by atoms with E-state index >= 15 is 0 Å². The van der Waals surface area contributed by atoms with Crippen molar-refractivity contribution < 1.29 is 4.39 Å². The number of aryl methyl sites for hydroxylation is 1. The minimum atomic E-state index is -0.272. The van der Waals surface area contributed by atoms with Gasteiger partial charge >= 0.3 is 0 Å². The van der Waals surface area contributed by atoms with E-state index in [4.69, 9.17) is 4.98 Å². The first-order chi connectivity index (χ1) is 15.6. The molecule has 32 heavy (non-hydrogen) atoms. The molecular weight excluding hydrogens is 405 g/mol. The Morgan fingerprint density at radius 3 is 2.69 bits per heavy atom. The number of hydrogen-bond donors (Lipinski definition) is 2.